The van der Waals surface area contributed by atoms with Gasteiger partial charge in [-0.2, -0.15) is 4.31 Å². The highest BCUT2D eigenvalue weighted by atomic mass is 32.2. The highest BCUT2D eigenvalue weighted by Crippen LogP contribution is 2.23. The molecule has 29 heavy (non-hydrogen) atoms. The molecule has 2 aromatic rings. The van der Waals surface area contributed by atoms with Crippen LogP contribution in [0.2, 0.25) is 0 Å². The average Bonchev–Trinajstić information content (AvgIpc) is 2.73. The highest BCUT2D eigenvalue weighted by Gasteiger charge is 2.28. The lowest BCUT2D eigenvalue weighted by molar-refractivity contribution is 0.281. The van der Waals surface area contributed by atoms with Gasteiger partial charge in [-0.25, -0.2) is 13.4 Å². The van der Waals surface area contributed by atoms with Crippen LogP contribution in [-0.4, -0.2) is 31.8 Å². The Balaban J connectivity index is 1.61. The first kappa shape index (κ1) is 21.3. The number of benzene rings is 2. The van der Waals surface area contributed by atoms with Crippen molar-refractivity contribution in [2.75, 3.05) is 18.4 Å². The summed E-state index contributed by atoms with van der Waals surface area (Å²) in [6, 6.07) is 15.0. The minimum Gasteiger partial charge on any atom is -0.370 e. The molecular weight excluding hydrogens is 384 g/mol. The Bertz CT molecular complexity index is 938. The molecule has 1 unspecified atom stereocenters. The van der Waals surface area contributed by atoms with Crippen LogP contribution in [0.15, 0.2) is 58.4 Å². The molecule has 1 saturated heterocycles. The van der Waals surface area contributed by atoms with Gasteiger partial charge in [0.1, 0.15) is 0 Å². The first-order valence-corrected chi connectivity index (χ1v) is 11.6. The van der Waals surface area contributed by atoms with E-state index in [-0.39, 0.29) is 0 Å². The van der Waals surface area contributed by atoms with Gasteiger partial charge in [0.05, 0.1) is 11.4 Å². The topological polar surface area (TPSA) is 87.8 Å². The van der Waals surface area contributed by atoms with Crippen molar-refractivity contribution in [3.63, 3.8) is 0 Å². The van der Waals surface area contributed by atoms with E-state index in [1.54, 1.807) is 28.6 Å². The van der Waals surface area contributed by atoms with Gasteiger partial charge in [-0.1, -0.05) is 38.1 Å². The maximum Gasteiger partial charge on any atom is 0.243 e. The van der Waals surface area contributed by atoms with E-state index in [4.69, 9.17) is 5.73 Å². The van der Waals surface area contributed by atoms with Crippen LogP contribution in [0.4, 0.5) is 5.69 Å². The number of hydrogen-bond donors (Lipinski definition) is 2. The molecule has 0 amide bonds. The summed E-state index contributed by atoms with van der Waals surface area (Å²) in [5.41, 5.74) is 9.03. The van der Waals surface area contributed by atoms with E-state index in [0.717, 1.165) is 30.5 Å². The third kappa shape index (κ3) is 5.58. The van der Waals surface area contributed by atoms with Crippen molar-refractivity contribution in [1.82, 2.24) is 4.31 Å². The van der Waals surface area contributed by atoms with Gasteiger partial charge in [0, 0.05) is 18.8 Å². The molecule has 1 heterocycles. The van der Waals surface area contributed by atoms with Crippen LogP contribution >= 0.6 is 0 Å². The Hall–Kier alpha value is -2.38. The molecule has 0 bridgehead atoms. The number of nitrogens with two attached hydrogens (primary N) is 1. The van der Waals surface area contributed by atoms with Crippen molar-refractivity contribution in [2.24, 2.45) is 16.6 Å². The zero-order valence-electron chi connectivity index (χ0n) is 17.1. The van der Waals surface area contributed by atoms with E-state index in [2.05, 4.69) is 36.3 Å². The third-order valence-electron chi connectivity index (χ3n) is 5.25. The Morgan fingerprint density at radius 2 is 1.79 bits per heavy atom. The van der Waals surface area contributed by atoms with Gasteiger partial charge in [0.15, 0.2) is 5.96 Å². The Morgan fingerprint density at radius 1 is 1.14 bits per heavy atom. The van der Waals surface area contributed by atoms with E-state index in [1.165, 1.54) is 5.56 Å². The standard InChI is InChI=1S/C22H30N4O2S/c1-3-18-6-10-20(11-7-18)25-22(23)24-15-19-8-12-21(13-9-19)29(27,28)26-14-4-5-17(2)16-26/h6-13,17H,3-5,14-16H2,1-2H3,(H3,23,24,25). The molecule has 6 nitrogen and oxygen atoms in total. The van der Waals surface area contributed by atoms with E-state index >= 15 is 0 Å². The summed E-state index contributed by atoms with van der Waals surface area (Å²) >= 11 is 0. The van der Waals surface area contributed by atoms with Crippen LogP contribution < -0.4 is 11.1 Å². The van der Waals surface area contributed by atoms with E-state index in [1.807, 2.05) is 12.1 Å². The summed E-state index contributed by atoms with van der Waals surface area (Å²) in [4.78, 5) is 4.68. The molecule has 3 N–H and O–H groups in total. The van der Waals surface area contributed by atoms with Crippen LogP contribution in [0.3, 0.4) is 0 Å². The first-order chi connectivity index (χ1) is 13.9. The van der Waals surface area contributed by atoms with Crippen molar-refractivity contribution in [3.05, 3.63) is 59.7 Å². The molecule has 0 spiro atoms. The number of piperidine rings is 1. The average molecular weight is 415 g/mol. The van der Waals surface area contributed by atoms with Crippen LogP contribution in [0, 0.1) is 5.92 Å². The second kappa shape index (κ2) is 9.41. The number of sulfonamides is 1. The van der Waals surface area contributed by atoms with Gasteiger partial charge in [0.25, 0.3) is 0 Å². The smallest absolute Gasteiger partial charge is 0.243 e. The summed E-state index contributed by atoms with van der Waals surface area (Å²) in [6.45, 7) is 5.78. The maximum atomic E-state index is 12.8. The number of nitrogens with zero attached hydrogens (tertiary/aromatic N) is 2. The summed E-state index contributed by atoms with van der Waals surface area (Å²) in [6.07, 6.45) is 2.99. The fourth-order valence-electron chi connectivity index (χ4n) is 3.47. The second-order valence-electron chi connectivity index (χ2n) is 7.63. The Labute approximate surface area is 173 Å². The van der Waals surface area contributed by atoms with Gasteiger partial charge < -0.3 is 11.1 Å². The lowest BCUT2D eigenvalue weighted by Gasteiger charge is -2.30. The van der Waals surface area contributed by atoms with Gasteiger partial charge in [-0.3, -0.25) is 0 Å². The van der Waals surface area contributed by atoms with Crippen molar-refractivity contribution < 1.29 is 8.42 Å². The van der Waals surface area contributed by atoms with Crippen LogP contribution in [0.1, 0.15) is 37.8 Å². The number of hydrogen-bond acceptors (Lipinski definition) is 3. The lowest BCUT2D eigenvalue weighted by atomic mass is 10.0. The van der Waals surface area contributed by atoms with Crippen molar-refractivity contribution in [1.29, 1.82) is 0 Å². The predicted octanol–water partition coefficient (Wildman–Crippen LogP) is 3.60. The number of nitrogens with one attached hydrogen (secondary N) is 1. The lowest BCUT2D eigenvalue weighted by Crippen LogP contribution is -2.39. The van der Waals surface area contributed by atoms with E-state index in [0.29, 0.717) is 36.4 Å². The maximum absolute atomic E-state index is 12.8. The summed E-state index contributed by atoms with van der Waals surface area (Å²) in [5.74, 6) is 0.731. The minimum absolute atomic E-state index is 0.327. The summed E-state index contributed by atoms with van der Waals surface area (Å²) in [5, 5.41) is 3.07. The van der Waals surface area contributed by atoms with E-state index < -0.39 is 10.0 Å². The highest BCUT2D eigenvalue weighted by molar-refractivity contribution is 7.89. The number of aryl methyl sites for hydroxylation is 1. The molecule has 3 rings (SSSR count). The summed E-state index contributed by atoms with van der Waals surface area (Å²) < 4.78 is 27.3. The predicted molar refractivity (Wildman–Crippen MR) is 118 cm³/mol. The fraction of sp³-hybridized carbons (Fsp3) is 0.409. The van der Waals surface area contributed by atoms with Gasteiger partial charge >= 0.3 is 0 Å². The van der Waals surface area contributed by atoms with Crippen molar-refractivity contribution >= 4 is 21.7 Å². The third-order valence-corrected chi connectivity index (χ3v) is 7.13. The van der Waals surface area contributed by atoms with Crippen LogP contribution in [0.25, 0.3) is 0 Å². The van der Waals surface area contributed by atoms with Crippen molar-refractivity contribution in [2.45, 2.75) is 44.6 Å². The molecule has 2 aromatic carbocycles. The Morgan fingerprint density at radius 3 is 2.41 bits per heavy atom. The van der Waals surface area contributed by atoms with Gasteiger partial charge in [-0.05, 0) is 60.6 Å². The van der Waals surface area contributed by atoms with Crippen LogP contribution in [-0.2, 0) is 23.0 Å². The number of anilines is 1. The summed E-state index contributed by atoms with van der Waals surface area (Å²) in [7, 11) is -3.43. The monoisotopic (exact) mass is 414 g/mol. The molecule has 0 aromatic heterocycles. The molecular formula is C22H30N4O2S. The minimum atomic E-state index is -3.43. The molecule has 156 valence electrons. The quantitative estimate of drug-likeness (QED) is 0.558. The molecule has 1 fully saturated rings. The van der Waals surface area contributed by atoms with Gasteiger partial charge in [-0.15, -0.1) is 0 Å². The van der Waals surface area contributed by atoms with Crippen molar-refractivity contribution in [3.8, 4) is 0 Å². The Kier molecular flexibility index (Phi) is 6.92. The fourth-order valence-corrected chi connectivity index (χ4v) is 5.07. The number of aliphatic imine (C=N–C) groups is 1. The molecule has 7 heteroatoms. The number of guanidine groups is 1. The molecule has 1 aliphatic rings. The second-order valence-corrected chi connectivity index (χ2v) is 9.57. The molecule has 1 atom stereocenters. The zero-order valence-corrected chi connectivity index (χ0v) is 18.0. The SMILES string of the molecule is CCc1ccc(NC(N)=NCc2ccc(S(=O)(=O)N3CCCC(C)C3)cc2)cc1. The largest absolute Gasteiger partial charge is 0.370 e. The van der Waals surface area contributed by atoms with Gasteiger partial charge in [0.2, 0.25) is 10.0 Å². The van der Waals surface area contributed by atoms with E-state index in [9.17, 15) is 8.42 Å². The molecule has 1 aliphatic heterocycles. The van der Waals surface area contributed by atoms with Crippen LogP contribution in [0.5, 0.6) is 0 Å². The normalized spacial score (nSPS) is 18.6. The zero-order chi connectivity index (χ0) is 20.9. The number of rotatable bonds is 6. The molecule has 0 radical (unpaired) electrons. The molecule has 0 aliphatic carbocycles. The molecule has 0 saturated carbocycles. The first-order valence-electron chi connectivity index (χ1n) is 10.1.